The molecule has 0 aliphatic rings. The Morgan fingerprint density at radius 1 is 1.19 bits per heavy atom. The van der Waals surface area contributed by atoms with Gasteiger partial charge in [-0.2, -0.15) is 9.78 Å². The van der Waals surface area contributed by atoms with Crippen LogP contribution >= 0.6 is 0 Å². The van der Waals surface area contributed by atoms with Gasteiger partial charge in [0.2, 0.25) is 0 Å². The molecule has 21 heavy (non-hydrogen) atoms. The summed E-state index contributed by atoms with van der Waals surface area (Å²) in [5, 5.41) is 19.6. The lowest BCUT2D eigenvalue weighted by Crippen LogP contribution is -2.09. The van der Waals surface area contributed by atoms with E-state index >= 15 is 0 Å². The van der Waals surface area contributed by atoms with Crippen LogP contribution in [-0.4, -0.2) is 30.0 Å². The molecule has 0 aliphatic carbocycles. The number of hydrogen-bond acceptors (Lipinski definition) is 5. The standard InChI is InChI=1S/C14H17N7/c1-3-12-13(10-20(2)17-12)15-9-14-16-18-19-21(14)11-7-5-4-6-8-11/h4-8,10,15H,3,9H2,1-2H3. The van der Waals surface area contributed by atoms with Crippen LogP contribution in [0.15, 0.2) is 36.5 Å². The van der Waals surface area contributed by atoms with Gasteiger partial charge in [-0.25, -0.2) is 0 Å². The fourth-order valence-corrected chi connectivity index (χ4v) is 2.20. The van der Waals surface area contributed by atoms with Crippen molar-refractivity contribution in [2.24, 2.45) is 7.05 Å². The summed E-state index contributed by atoms with van der Waals surface area (Å²) in [7, 11) is 1.92. The quantitative estimate of drug-likeness (QED) is 0.769. The third kappa shape index (κ3) is 2.76. The topological polar surface area (TPSA) is 73.5 Å². The third-order valence-electron chi connectivity index (χ3n) is 3.21. The van der Waals surface area contributed by atoms with Crippen LogP contribution in [0.4, 0.5) is 5.69 Å². The van der Waals surface area contributed by atoms with Crippen LogP contribution in [-0.2, 0) is 20.0 Å². The first-order valence-electron chi connectivity index (χ1n) is 6.87. The highest BCUT2D eigenvalue weighted by Crippen LogP contribution is 2.15. The second-order valence-electron chi connectivity index (χ2n) is 4.71. The number of para-hydroxylation sites is 1. The highest BCUT2D eigenvalue weighted by molar-refractivity contribution is 5.46. The van der Waals surface area contributed by atoms with Crippen LogP contribution in [0.1, 0.15) is 18.4 Å². The normalized spacial score (nSPS) is 10.8. The van der Waals surface area contributed by atoms with Gasteiger partial charge < -0.3 is 5.32 Å². The Kier molecular flexibility index (Phi) is 3.63. The zero-order chi connectivity index (χ0) is 14.7. The van der Waals surface area contributed by atoms with Crippen LogP contribution in [0.25, 0.3) is 5.69 Å². The van der Waals surface area contributed by atoms with Crippen molar-refractivity contribution in [2.75, 3.05) is 5.32 Å². The van der Waals surface area contributed by atoms with Gasteiger partial charge in [-0.1, -0.05) is 25.1 Å². The highest BCUT2D eigenvalue weighted by atomic mass is 15.5. The summed E-state index contributed by atoms with van der Waals surface area (Å²) < 4.78 is 3.54. The monoisotopic (exact) mass is 283 g/mol. The molecule has 0 unspecified atom stereocenters. The van der Waals surface area contributed by atoms with Crippen molar-refractivity contribution in [2.45, 2.75) is 19.9 Å². The number of hydrogen-bond donors (Lipinski definition) is 1. The lowest BCUT2D eigenvalue weighted by atomic mass is 10.3. The van der Waals surface area contributed by atoms with Crippen LogP contribution in [0, 0.1) is 0 Å². The molecule has 0 amide bonds. The molecule has 108 valence electrons. The van der Waals surface area contributed by atoms with E-state index in [0.29, 0.717) is 6.54 Å². The molecule has 7 heteroatoms. The van der Waals surface area contributed by atoms with Crippen LogP contribution in [0.3, 0.4) is 0 Å². The van der Waals surface area contributed by atoms with E-state index in [0.717, 1.165) is 29.3 Å². The third-order valence-corrected chi connectivity index (χ3v) is 3.21. The number of benzene rings is 1. The molecule has 3 aromatic rings. The SMILES string of the molecule is CCc1nn(C)cc1NCc1nnnn1-c1ccccc1. The van der Waals surface area contributed by atoms with Crippen LogP contribution < -0.4 is 5.32 Å². The van der Waals surface area contributed by atoms with Crippen LogP contribution in [0.2, 0.25) is 0 Å². The van der Waals surface area contributed by atoms with Crippen molar-refractivity contribution >= 4 is 5.69 Å². The second-order valence-corrected chi connectivity index (χ2v) is 4.71. The van der Waals surface area contributed by atoms with E-state index in [1.165, 1.54) is 0 Å². The zero-order valence-corrected chi connectivity index (χ0v) is 12.1. The second kappa shape index (κ2) is 5.74. The molecular weight excluding hydrogens is 266 g/mol. The lowest BCUT2D eigenvalue weighted by molar-refractivity contribution is 0.746. The average Bonchev–Trinajstić information content (AvgIpc) is 3.12. The number of tetrazole rings is 1. The molecular formula is C14H17N7. The largest absolute Gasteiger partial charge is 0.375 e. The van der Waals surface area contributed by atoms with Gasteiger partial charge in [0.1, 0.15) is 0 Å². The molecule has 2 aromatic heterocycles. The molecule has 0 spiro atoms. The minimum atomic E-state index is 0.542. The first kappa shape index (κ1) is 13.3. The molecule has 7 nitrogen and oxygen atoms in total. The Bertz CT molecular complexity index is 714. The van der Waals surface area contributed by atoms with E-state index in [1.54, 1.807) is 9.36 Å². The Morgan fingerprint density at radius 3 is 2.76 bits per heavy atom. The molecule has 1 N–H and O–H groups in total. The number of aryl methyl sites for hydroxylation is 2. The van der Waals surface area contributed by atoms with Crippen LogP contribution in [0.5, 0.6) is 0 Å². The Labute approximate surface area is 122 Å². The van der Waals surface area contributed by atoms with Gasteiger partial charge >= 0.3 is 0 Å². The summed E-state index contributed by atoms with van der Waals surface area (Å²) in [5.74, 6) is 0.757. The number of aromatic nitrogens is 6. The minimum absolute atomic E-state index is 0.542. The van der Waals surface area contributed by atoms with E-state index in [1.807, 2.05) is 43.6 Å². The van der Waals surface area contributed by atoms with Gasteiger partial charge in [-0.3, -0.25) is 4.68 Å². The highest BCUT2D eigenvalue weighted by Gasteiger charge is 2.10. The number of nitrogens with zero attached hydrogens (tertiary/aromatic N) is 6. The minimum Gasteiger partial charge on any atom is -0.375 e. The maximum Gasteiger partial charge on any atom is 0.175 e. The molecule has 0 fully saturated rings. The van der Waals surface area contributed by atoms with Gasteiger partial charge in [0.05, 0.1) is 23.6 Å². The summed E-state index contributed by atoms with van der Waals surface area (Å²) in [6.45, 7) is 2.63. The molecule has 0 atom stereocenters. The lowest BCUT2D eigenvalue weighted by Gasteiger charge is -2.06. The Hall–Kier alpha value is -2.70. The van der Waals surface area contributed by atoms with Crippen molar-refractivity contribution in [1.29, 1.82) is 0 Å². The maximum atomic E-state index is 4.41. The Morgan fingerprint density at radius 2 is 2.00 bits per heavy atom. The van der Waals surface area contributed by atoms with Gasteiger partial charge in [0.25, 0.3) is 0 Å². The van der Waals surface area contributed by atoms with Gasteiger partial charge in [0.15, 0.2) is 5.82 Å². The van der Waals surface area contributed by atoms with E-state index < -0.39 is 0 Å². The Balaban J connectivity index is 1.79. The van der Waals surface area contributed by atoms with Crippen molar-refractivity contribution in [3.63, 3.8) is 0 Å². The number of nitrogens with one attached hydrogen (secondary N) is 1. The number of rotatable bonds is 5. The van der Waals surface area contributed by atoms with E-state index in [4.69, 9.17) is 0 Å². The van der Waals surface area contributed by atoms with Gasteiger partial charge in [-0.15, -0.1) is 5.10 Å². The van der Waals surface area contributed by atoms with Gasteiger partial charge in [-0.05, 0) is 29.0 Å². The molecule has 0 radical (unpaired) electrons. The van der Waals surface area contributed by atoms with Crippen molar-refractivity contribution in [3.05, 3.63) is 48.0 Å². The fraction of sp³-hybridized carbons (Fsp3) is 0.286. The summed E-state index contributed by atoms with van der Waals surface area (Å²) in [4.78, 5) is 0. The molecule has 0 saturated carbocycles. The molecule has 0 aliphatic heterocycles. The van der Waals surface area contributed by atoms with E-state index in [2.05, 4.69) is 32.9 Å². The fourth-order valence-electron chi connectivity index (χ4n) is 2.20. The number of anilines is 1. The van der Waals surface area contributed by atoms with Crippen molar-refractivity contribution in [3.8, 4) is 5.69 Å². The summed E-state index contributed by atoms with van der Waals surface area (Å²) in [5.41, 5.74) is 3.00. The van der Waals surface area contributed by atoms with Gasteiger partial charge in [0, 0.05) is 13.2 Å². The molecule has 0 bridgehead atoms. The first-order chi connectivity index (χ1) is 10.3. The smallest absolute Gasteiger partial charge is 0.175 e. The zero-order valence-electron chi connectivity index (χ0n) is 12.1. The molecule has 1 aromatic carbocycles. The average molecular weight is 283 g/mol. The summed E-state index contributed by atoms with van der Waals surface area (Å²) in [6.07, 6.45) is 2.85. The van der Waals surface area contributed by atoms with Crippen molar-refractivity contribution in [1.82, 2.24) is 30.0 Å². The van der Waals surface area contributed by atoms with E-state index in [-0.39, 0.29) is 0 Å². The first-order valence-corrected chi connectivity index (χ1v) is 6.87. The van der Waals surface area contributed by atoms with E-state index in [9.17, 15) is 0 Å². The predicted molar refractivity (Wildman–Crippen MR) is 79.1 cm³/mol. The molecule has 2 heterocycles. The summed E-state index contributed by atoms with van der Waals surface area (Å²) in [6, 6.07) is 9.84. The summed E-state index contributed by atoms with van der Waals surface area (Å²) >= 11 is 0. The predicted octanol–water partition coefficient (Wildman–Crippen LogP) is 1.57. The molecule has 0 saturated heterocycles. The maximum absolute atomic E-state index is 4.41. The molecule has 3 rings (SSSR count). The van der Waals surface area contributed by atoms with Crippen molar-refractivity contribution < 1.29 is 0 Å².